The highest BCUT2D eigenvalue weighted by Crippen LogP contribution is 2.31. The van der Waals surface area contributed by atoms with E-state index in [4.69, 9.17) is 0 Å². The van der Waals surface area contributed by atoms with Crippen molar-refractivity contribution in [2.45, 2.75) is 46.6 Å². The molecule has 0 aliphatic carbocycles. The first-order valence-corrected chi connectivity index (χ1v) is 7.30. The van der Waals surface area contributed by atoms with Crippen LogP contribution in [0.4, 0.5) is 4.39 Å². The summed E-state index contributed by atoms with van der Waals surface area (Å²) in [5.41, 5.74) is 1.37. The Labute approximate surface area is 118 Å². The van der Waals surface area contributed by atoms with Crippen LogP contribution in [0.25, 0.3) is 0 Å². The Hall–Kier alpha value is -0.410. The van der Waals surface area contributed by atoms with Crippen LogP contribution < -0.4 is 5.32 Å². The summed E-state index contributed by atoms with van der Waals surface area (Å²) in [5.74, 6) is -0.190. The Bertz CT molecular complexity index is 390. The van der Waals surface area contributed by atoms with E-state index in [9.17, 15) is 4.39 Å². The van der Waals surface area contributed by atoms with E-state index in [1.807, 2.05) is 6.07 Å². The molecule has 0 aliphatic heterocycles. The lowest BCUT2D eigenvalue weighted by atomic mass is 9.80. The van der Waals surface area contributed by atoms with Gasteiger partial charge in [-0.15, -0.1) is 0 Å². The van der Waals surface area contributed by atoms with E-state index in [1.54, 1.807) is 6.07 Å². The van der Waals surface area contributed by atoms with E-state index in [2.05, 4.69) is 48.9 Å². The second-order valence-electron chi connectivity index (χ2n) is 5.74. The van der Waals surface area contributed by atoms with E-state index in [1.165, 1.54) is 11.6 Å². The molecule has 3 heteroatoms. The fraction of sp³-hybridized carbons (Fsp3) is 0.600. The van der Waals surface area contributed by atoms with Gasteiger partial charge in [0.15, 0.2) is 0 Å². The van der Waals surface area contributed by atoms with Crippen LogP contribution in [0.3, 0.4) is 0 Å². The number of hydrogen-bond donors (Lipinski definition) is 1. The molecule has 0 spiro atoms. The number of rotatable bonds is 6. The van der Waals surface area contributed by atoms with Gasteiger partial charge in [-0.1, -0.05) is 42.8 Å². The van der Waals surface area contributed by atoms with Gasteiger partial charge in [0.05, 0.1) is 0 Å². The largest absolute Gasteiger partial charge is 0.315 e. The average molecular weight is 316 g/mol. The lowest BCUT2D eigenvalue weighted by molar-refractivity contribution is 0.288. The highest BCUT2D eigenvalue weighted by molar-refractivity contribution is 9.10. The molecule has 0 aromatic heterocycles. The lowest BCUT2D eigenvalue weighted by Crippen LogP contribution is -2.32. The second-order valence-corrected chi connectivity index (χ2v) is 6.59. The summed E-state index contributed by atoms with van der Waals surface area (Å²) in [6.45, 7) is 9.86. The quantitative estimate of drug-likeness (QED) is 0.812. The summed E-state index contributed by atoms with van der Waals surface area (Å²) in [6.07, 6.45) is 2.05. The first-order valence-electron chi connectivity index (χ1n) is 6.51. The maximum Gasteiger partial charge on any atom is 0.124 e. The van der Waals surface area contributed by atoms with Gasteiger partial charge in [0.2, 0.25) is 0 Å². The second kappa shape index (κ2) is 6.67. The maximum atomic E-state index is 13.1. The molecule has 1 N–H and O–H groups in total. The SMILES string of the molecule is CCNC(C)CC(C)(C)Cc1ccc(F)cc1Br. The first-order chi connectivity index (χ1) is 8.34. The standard InChI is InChI=1S/C15H23BrFN/c1-5-18-11(2)9-15(3,4)10-12-6-7-13(17)8-14(12)16/h6-8,11,18H,5,9-10H2,1-4H3. The van der Waals surface area contributed by atoms with E-state index in [0.717, 1.165) is 23.9 Å². The molecule has 18 heavy (non-hydrogen) atoms. The van der Waals surface area contributed by atoms with Crippen molar-refractivity contribution in [3.8, 4) is 0 Å². The fourth-order valence-electron chi connectivity index (χ4n) is 2.50. The molecule has 1 aromatic carbocycles. The minimum Gasteiger partial charge on any atom is -0.315 e. The molecule has 1 atom stereocenters. The molecule has 1 rings (SSSR count). The minimum absolute atomic E-state index is 0.190. The lowest BCUT2D eigenvalue weighted by Gasteiger charge is -2.29. The third-order valence-electron chi connectivity index (χ3n) is 3.10. The Balaban J connectivity index is 2.69. The van der Waals surface area contributed by atoms with Gasteiger partial charge >= 0.3 is 0 Å². The Morgan fingerprint density at radius 1 is 1.39 bits per heavy atom. The van der Waals surface area contributed by atoms with Crippen molar-refractivity contribution in [2.75, 3.05) is 6.54 Å². The zero-order chi connectivity index (χ0) is 13.8. The van der Waals surface area contributed by atoms with Crippen molar-refractivity contribution in [2.24, 2.45) is 5.41 Å². The van der Waals surface area contributed by atoms with Crippen molar-refractivity contribution < 1.29 is 4.39 Å². The molecule has 1 aromatic rings. The normalized spacial score (nSPS) is 13.7. The van der Waals surface area contributed by atoms with Crippen LogP contribution in [0.15, 0.2) is 22.7 Å². The van der Waals surface area contributed by atoms with Crippen molar-refractivity contribution >= 4 is 15.9 Å². The molecule has 0 heterocycles. The molecule has 0 radical (unpaired) electrons. The Morgan fingerprint density at radius 3 is 2.61 bits per heavy atom. The van der Waals surface area contributed by atoms with Crippen molar-refractivity contribution in [3.63, 3.8) is 0 Å². The van der Waals surface area contributed by atoms with Gasteiger partial charge in [-0.25, -0.2) is 4.39 Å². The molecule has 0 aliphatic rings. The summed E-state index contributed by atoms with van der Waals surface area (Å²) in [7, 11) is 0. The molecular weight excluding hydrogens is 293 g/mol. The van der Waals surface area contributed by atoms with E-state index in [-0.39, 0.29) is 11.2 Å². The summed E-state index contributed by atoms with van der Waals surface area (Å²) >= 11 is 3.44. The number of benzene rings is 1. The van der Waals surface area contributed by atoms with Crippen molar-refractivity contribution in [1.29, 1.82) is 0 Å². The third-order valence-corrected chi connectivity index (χ3v) is 3.83. The van der Waals surface area contributed by atoms with Gasteiger partial charge in [-0.3, -0.25) is 0 Å². The molecule has 1 unspecified atom stereocenters. The predicted molar refractivity (Wildman–Crippen MR) is 79.3 cm³/mol. The van der Waals surface area contributed by atoms with Gasteiger partial charge in [0, 0.05) is 10.5 Å². The van der Waals surface area contributed by atoms with Crippen LogP contribution in [0.2, 0.25) is 0 Å². The summed E-state index contributed by atoms with van der Waals surface area (Å²) in [5, 5.41) is 3.44. The van der Waals surface area contributed by atoms with Crippen LogP contribution in [0.1, 0.15) is 39.7 Å². The van der Waals surface area contributed by atoms with Crippen LogP contribution in [-0.2, 0) is 6.42 Å². The van der Waals surface area contributed by atoms with Gasteiger partial charge in [-0.05, 0) is 49.4 Å². The van der Waals surface area contributed by atoms with E-state index < -0.39 is 0 Å². The predicted octanol–water partition coefficient (Wildman–Crippen LogP) is 4.55. The smallest absolute Gasteiger partial charge is 0.124 e. The number of hydrogen-bond acceptors (Lipinski definition) is 1. The molecule has 0 amide bonds. The minimum atomic E-state index is -0.190. The molecule has 0 saturated heterocycles. The zero-order valence-corrected chi connectivity index (χ0v) is 13.3. The van der Waals surface area contributed by atoms with Crippen LogP contribution in [0, 0.1) is 11.2 Å². The van der Waals surface area contributed by atoms with Gasteiger partial charge in [0.1, 0.15) is 5.82 Å². The van der Waals surface area contributed by atoms with Crippen LogP contribution >= 0.6 is 15.9 Å². The molecule has 0 fully saturated rings. The highest BCUT2D eigenvalue weighted by Gasteiger charge is 2.22. The number of halogens is 2. The molecule has 0 saturated carbocycles. The first kappa shape index (κ1) is 15.6. The van der Waals surface area contributed by atoms with Gasteiger partial charge < -0.3 is 5.32 Å². The summed E-state index contributed by atoms with van der Waals surface area (Å²) in [6, 6.07) is 5.45. The number of nitrogens with one attached hydrogen (secondary N) is 1. The summed E-state index contributed by atoms with van der Waals surface area (Å²) < 4.78 is 13.9. The Kier molecular flexibility index (Phi) is 5.80. The van der Waals surface area contributed by atoms with Crippen molar-refractivity contribution in [3.05, 3.63) is 34.1 Å². The monoisotopic (exact) mass is 315 g/mol. The van der Waals surface area contributed by atoms with Crippen LogP contribution in [-0.4, -0.2) is 12.6 Å². The van der Waals surface area contributed by atoms with Gasteiger partial charge in [-0.2, -0.15) is 0 Å². The van der Waals surface area contributed by atoms with E-state index >= 15 is 0 Å². The molecule has 102 valence electrons. The Morgan fingerprint density at radius 2 is 2.06 bits per heavy atom. The topological polar surface area (TPSA) is 12.0 Å². The molecule has 1 nitrogen and oxygen atoms in total. The van der Waals surface area contributed by atoms with Gasteiger partial charge in [0.25, 0.3) is 0 Å². The maximum absolute atomic E-state index is 13.1. The summed E-state index contributed by atoms with van der Waals surface area (Å²) in [4.78, 5) is 0. The van der Waals surface area contributed by atoms with Crippen LogP contribution in [0.5, 0.6) is 0 Å². The molecular formula is C15H23BrFN. The van der Waals surface area contributed by atoms with E-state index in [0.29, 0.717) is 6.04 Å². The third kappa shape index (κ3) is 5.07. The fourth-order valence-corrected chi connectivity index (χ4v) is 2.99. The highest BCUT2D eigenvalue weighted by atomic mass is 79.9. The van der Waals surface area contributed by atoms with Crippen molar-refractivity contribution in [1.82, 2.24) is 5.32 Å². The molecule has 0 bridgehead atoms. The average Bonchev–Trinajstić information content (AvgIpc) is 2.21. The zero-order valence-electron chi connectivity index (χ0n) is 11.7.